The molecule has 0 aliphatic carbocycles. The van der Waals surface area contributed by atoms with Crippen LogP contribution in [0.1, 0.15) is 6.92 Å². The summed E-state index contributed by atoms with van der Waals surface area (Å²) in [5, 5.41) is 3.64. The largest absolute Gasteiger partial charge is 0.481 e. The fraction of sp³-hybridized carbons (Fsp3) is 0.0952. The molecule has 1 amide bonds. The standard InChI is InChI=1S/C21H17Cl2NO2/c1-14(21(25)24-20-13-17(22)9-12-19(20)23)26-18-10-7-16(8-11-18)15-5-3-2-4-6-15/h2-14H,1H3,(H,24,25). The van der Waals surface area contributed by atoms with Gasteiger partial charge in [0.05, 0.1) is 10.7 Å². The van der Waals surface area contributed by atoms with Crippen LogP contribution in [-0.4, -0.2) is 12.0 Å². The number of hydrogen-bond acceptors (Lipinski definition) is 2. The van der Waals surface area contributed by atoms with E-state index in [2.05, 4.69) is 5.32 Å². The fourth-order valence-electron chi connectivity index (χ4n) is 2.44. The highest BCUT2D eigenvalue weighted by Crippen LogP contribution is 2.26. The van der Waals surface area contributed by atoms with Crippen molar-refractivity contribution in [3.05, 3.63) is 82.8 Å². The summed E-state index contributed by atoms with van der Waals surface area (Å²) in [5.41, 5.74) is 2.67. The van der Waals surface area contributed by atoms with E-state index < -0.39 is 6.10 Å². The predicted molar refractivity (Wildman–Crippen MR) is 107 cm³/mol. The Morgan fingerprint density at radius 3 is 2.27 bits per heavy atom. The van der Waals surface area contributed by atoms with Crippen molar-refractivity contribution in [2.45, 2.75) is 13.0 Å². The lowest BCUT2D eigenvalue weighted by molar-refractivity contribution is -0.122. The summed E-state index contributed by atoms with van der Waals surface area (Å²) >= 11 is 12.0. The third-order valence-corrected chi connectivity index (χ3v) is 4.39. The lowest BCUT2D eigenvalue weighted by Crippen LogP contribution is -2.30. The number of nitrogens with one attached hydrogen (secondary N) is 1. The second-order valence-electron chi connectivity index (χ2n) is 5.76. The van der Waals surface area contributed by atoms with Gasteiger partial charge in [-0.2, -0.15) is 0 Å². The molecule has 0 saturated carbocycles. The molecule has 0 fully saturated rings. The summed E-state index contributed by atoms with van der Waals surface area (Å²) in [6.45, 7) is 1.68. The SMILES string of the molecule is CC(Oc1ccc(-c2ccccc2)cc1)C(=O)Nc1cc(Cl)ccc1Cl. The van der Waals surface area contributed by atoms with Crippen LogP contribution in [0.2, 0.25) is 10.0 Å². The molecule has 1 N–H and O–H groups in total. The molecule has 3 aromatic carbocycles. The molecule has 0 spiro atoms. The van der Waals surface area contributed by atoms with Crippen LogP contribution in [0, 0.1) is 0 Å². The van der Waals surface area contributed by atoms with E-state index in [-0.39, 0.29) is 5.91 Å². The Labute approximate surface area is 162 Å². The van der Waals surface area contributed by atoms with Crippen LogP contribution in [0.3, 0.4) is 0 Å². The highest BCUT2D eigenvalue weighted by molar-refractivity contribution is 6.35. The lowest BCUT2D eigenvalue weighted by atomic mass is 10.1. The molecular weight excluding hydrogens is 369 g/mol. The Balaban J connectivity index is 1.64. The van der Waals surface area contributed by atoms with Crippen LogP contribution >= 0.6 is 23.2 Å². The van der Waals surface area contributed by atoms with Gasteiger partial charge in [-0.15, -0.1) is 0 Å². The van der Waals surface area contributed by atoms with Gasteiger partial charge in [0.25, 0.3) is 5.91 Å². The Morgan fingerprint density at radius 2 is 1.58 bits per heavy atom. The number of anilines is 1. The molecule has 5 heteroatoms. The van der Waals surface area contributed by atoms with E-state index in [4.69, 9.17) is 27.9 Å². The predicted octanol–water partition coefficient (Wildman–Crippen LogP) is 6.07. The molecule has 0 aliphatic rings. The molecule has 0 radical (unpaired) electrons. The highest BCUT2D eigenvalue weighted by Gasteiger charge is 2.16. The first-order chi connectivity index (χ1) is 12.5. The van der Waals surface area contributed by atoms with Crippen molar-refractivity contribution in [3.8, 4) is 16.9 Å². The van der Waals surface area contributed by atoms with E-state index in [1.54, 1.807) is 25.1 Å². The molecule has 3 nitrogen and oxygen atoms in total. The summed E-state index contributed by atoms with van der Waals surface area (Å²) in [6.07, 6.45) is -0.687. The minimum absolute atomic E-state index is 0.304. The van der Waals surface area contributed by atoms with E-state index in [9.17, 15) is 4.79 Å². The van der Waals surface area contributed by atoms with Crippen LogP contribution in [0.4, 0.5) is 5.69 Å². The van der Waals surface area contributed by atoms with Crippen molar-refractivity contribution in [3.63, 3.8) is 0 Å². The van der Waals surface area contributed by atoms with Crippen molar-refractivity contribution in [1.29, 1.82) is 0 Å². The Bertz CT molecular complexity index is 896. The maximum atomic E-state index is 12.3. The Hall–Kier alpha value is -2.49. The molecule has 0 saturated heterocycles. The van der Waals surface area contributed by atoms with Gasteiger partial charge in [-0.3, -0.25) is 4.79 Å². The molecule has 1 atom stereocenters. The number of rotatable bonds is 5. The zero-order chi connectivity index (χ0) is 18.5. The van der Waals surface area contributed by atoms with Gasteiger partial charge in [-0.05, 0) is 48.4 Å². The van der Waals surface area contributed by atoms with E-state index in [1.807, 2.05) is 54.6 Å². The number of halogens is 2. The van der Waals surface area contributed by atoms with Crippen molar-refractivity contribution >= 4 is 34.8 Å². The second kappa shape index (κ2) is 8.26. The van der Waals surface area contributed by atoms with Gasteiger partial charge in [0.1, 0.15) is 5.75 Å². The quantitative estimate of drug-likeness (QED) is 0.578. The maximum Gasteiger partial charge on any atom is 0.265 e. The molecule has 3 rings (SSSR count). The second-order valence-corrected chi connectivity index (χ2v) is 6.61. The zero-order valence-electron chi connectivity index (χ0n) is 14.1. The number of benzene rings is 3. The van der Waals surface area contributed by atoms with Crippen LogP contribution in [0.25, 0.3) is 11.1 Å². The summed E-state index contributed by atoms with van der Waals surface area (Å²) in [7, 11) is 0. The Morgan fingerprint density at radius 1 is 0.923 bits per heavy atom. The van der Waals surface area contributed by atoms with Crippen LogP contribution in [0.5, 0.6) is 5.75 Å². The maximum absolute atomic E-state index is 12.3. The number of carbonyl (C=O) groups excluding carboxylic acids is 1. The first kappa shape index (κ1) is 18.3. The van der Waals surface area contributed by atoms with Crippen molar-refractivity contribution < 1.29 is 9.53 Å². The smallest absolute Gasteiger partial charge is 0.265 e. The average Bonchev–Trinajstić information content (AvgIpc) is 2.66. The van der Waals surface area contributed by atoms with E-state index in [1.165, 1.54) is 0 Å². The van der Waals surface area contributed by atoms with Crippen molar-refractivity contribution in [2.75, 3.05) is 5.32 Å². The number of ether oxygens (including phenoxy) is 1. The summed E-state index contributed by atoms with van der Waals surface area (Å²) < 4.78 is 5.72. The highest BCUT2D eigenvalue weighted by atomic mass is 35.5. The third kappa shape index (κ3) is 4.57. The van der Waals surface area contributed by atoms with Crippen molar-refractivity contribution in [2.24, 2.45) is 0 Å². The van der Waals surface area contributed by atoms with Gasteiger partial charge in [-0.1, -0.05) is 65.7 Å². The van der Waals surface area contributed by atoms with Crippen LogP contribution < -0.4 is 10.1 Å². The topological polar surface area (TPSA) is 38.3 Å². The normalized spacial score (nSPS) is 11.7. The molecule has 132 valence electrons. The lowest BCUT2D eigenvalue weighted by Gasteiger charge is -2.16. The number of hydrogen-bond donors (Lipinski definition) is 1. The fourth-order valence-corrected chi connectivity index (χ4v) is 2.78. The first-order valence-corrected chi connectivity index (χ1v) is 8.86. The minimum Gasteiger partial charge on any atom is -0.481 e. The molecule has 0 aliphatic heterocycles. The molecule has 0 aromatic heterocycles. The molecule has 0 bridgehead atoms. The van der Waals surface area contributed by atoms with Gasteiger partial charge in [0.15, 0.2) is 6.10 Å². The van der Waals surface area contributed by atoms with Gasteiger partial charge in [0, 0.05) is 5.02 Å². The first-order valence-electron chi connectivity index (χ1n) is 8.11. The minimum atomic E-state index is -0.687. The molecule has 1 unspecified atom stereocenters. The summed E-state index contributed by atoms with van der Waals surface area (Å²) in [6, 6.07) is 22.6. The monoisotopic (exact) mass is 385 g/mol. The van der Waals surface area contributed by atoms with Gasteiger partial charge in [-0.25, -0.2) is 0 Å². The Kier molecular flexibility index (Phi) is 5.82. The van der Waals surface area contributed by atoms with E-state index >= 15 is 0 Å². The summed E-state index contributed by atoms with van der Waals surface area (Å²) in [5.74, 6) is 0.311. The molecule has 0 heterocycles. The zero-order valence-corrected chi connectivity index (χ0v) is 15.6. The summed E-state index contributed by atoms with van der Waals surface area (Å²) in [4.78, 5) is 12.3. The average molecular weight is 386 g/mol. The number of amides is 1. The van der Waals surface area contributed by atoms with E-state index in [0.717, 1.165) is 11.1 Å². The third-order valence-electron chi connectivity index (χ3n) is 3.83. The van der Waals surface area contributed by atoms with Gasteiger partial charge >= 0.3 is 0 Å². The van der Waals surface area contributed by atoms with Crippen molar-refractivity contribution in [1.82, 2.24) is 0 Å². The van der Waals surface area contributed by atoms with Crippen LogP contribution in [0.15, 0.2) is 72.8 Å². The van der Waals surface area contributed by atoms with E-state index in [0.29, 0.717) is 21.5 Å². The molecule has 3 aromatic rings. The van der Waals surface area contributed by atoms with Gasteiger partial charge < -0.3 is 10.1 Å². The molecular formula is C21H17Cl2NO2. The number of carbonyl (C=O) groups is 1. The van der Waals surface area contributed by atoms with Crippen LogP contribution in [-0.2, 0) is 4.79 Å². The van der Waals surface area contributed by atoms with Gasteiger partial charge in [0.2, 0.25) is 0 Å². The molecule has 26 heavy (non-hydrogen) atoms.